The van der Waals surface area contributed by atoms with Crippen LogP contribution in [-0.2, 0) is 0 Å². The number of pyridine rings is 1. The van der Waals surface area contributed by atoms with Crippen LogP contribution in [0.4, 0.5) is 0 Å². The van der Waals surface area contributed by atoms with Crippen molar-refractivity contribution in [1.29, 1.82) is 0 Å². The molecule has 0 bridgehead atoms. The molecule has 0 aliphatic rings. The van der Waals surface area contributed by atoms with Gasteiger partial charge in [0.1, 0.15) is 11.5 Å². The van der Waals surface area contributed by atoms with E-state index in [-0.39, 0.29) is 6.04 Å². The van der Waals surface area contributed by atoms with Gasteiger partial charge in [0.2, 0.25) is 5.88 Å². The number of aromatic nitrogens is 1. The van der Waals surface area contributed by atoms with E-state index in [1.165, 1.54) is 0 Å². The van der Waals surface area contributed by atoms with E-state index in [2.05, 4.69) is 20.9 Å². The average molecular weight is 323 g/mol. The standard InChI is InChI=1S/C14H15BrN2O2/c1-9(16)11-4-3-7-17-14(11)19-13-6-5-10(18-2)8-12(13)15/h3-9H,16H2,1-2H3/t9-/m1/s1. The van der Waals surface area contributed by atoms with Crippen molar-refractivity contribution in [2.75, 3.05) is 7.11 Å². The first-order valence-electron chi connectivity index (χ1n) is 5.83. The maximum absolute atomic E-state index is 5.90. The van der Waals surface area contributed by atoms with Crippen LogP contribution in [0.3, 0.4) is 0 Å². The smallest absolute Gasteiger partial charge is 0.224 e. The fourth-order valence-corrected chi connectivity index (χ4v) is 2.07. The Labute approximate surface area is 120 Å². The Balaban J connectivity index is 2.31. The van der Waals surface area contributed by atoms with Crippen LogP contribution >= 0.6 is 15.9 Å². The van der Waals surface area contributed by atoms with Gasteiger partial charge >= 0.3 is 0 Å². The molecule has 100 valence electrons. The number of hydrogen-bond donors (Lipinski definition) is 1. The van der Waals surface area contributed by atoms with Crippen LogP contribution in [0.25, 0.3) is 0 Å². The van der Waals surface area contributed by atoms with E-state index in [9.17, 15) is 0 Å². The van der Waals surface area contributed by atoms with Crippen LogP contribution in [0.15, 0.2) is 41.0 Å². The van der Waals surface area contributed by atoms with Crippen molar-refractivity contribution in [1.82, 2.24) is 4.98 Å². The van der Waals surface area contributed by atoms with Gasteiger partial charge < -0.3 is 15.2 Å². The Kier molecular flexibility index (Phi) is 4.39. The van der Waals surface area contributed by atoms with Crippen molar-refractivity contribution < 1.29 is 9.47 Å². The second kappa shape index (κ2) is 6.04. The number of methoxy groups -OCH3 is 1. The molecule has 1 atom stereocenters. The molecule has 1 aromatic heterocycles. The summed E-state index contributed by atoms with van der Waals surface area (Å²) in [5.74, 6) is 1.94. The molecule has 1 heterocycles. The van der Waals surface area contributed by atoms with E-state index in [4.69, 9.17) is 15.2 Å². The van der Waals surface area contributed by atoms with Crippen LogP contribution < -0.4 is 15.2 Å². The van der Waals surface area contributed by atoms with Gasteiger partial charge in [0.15, 0.2) is 0 Å². The Morgan fingerprint density at radius 2 is 2.11 bits per heavy atom. The number of rotatable bonds is 4. The molecule has 0 saturated carbocycles. The molecule has 2 rings (SSSR count). The third-order valence-electron chi connectivity index (χ3n) is 2.64. The highest BCUT2D eigenvalue weighted by atomic mass is 79.9. The van der Waals surface area contributed by atoms with Crippen molar-refractivity contribution in [2.24, 2.45) is 5.73 Å². The summed E-state index contributed by atoms with van der Waals surface area (Å²) in [4.78, 5) is 4.22. The van der Waals surface area contributed by atoms with E-state index in [1.54, 1.807) is 13.3 Å². The quantitative estimate of drug-likeness (QED) is 0.933. The second-order valence-corrected chi connectivity index (χ2v) is 4.94. The first-order valence-corrected chi connectivity index (χ1v) is 6.63. The summed E-state index contributed by atoms with van der Waals surface area (Å²) in [5, 5.41) is 0. The van der Waals surface area contributed by atoms with E-state index in [0.29, 0.717) is 11.6 Å². The van der Waals surface area contributed by atoms with E-state index in [0.717, 1.165) is 15.8 Å². The van der Waals surface area contributed by atoms with Crippen LogP contribution in [0.5, 0.6) is 17.4 Å². The fraction of sp³-hybridized carbons (Fsp3) is 0.214. The zero-order chi connectivity index (χ0) is 13.8. The van der Waals surface area contributed by atoms with Crippen molar-refractivity contribution in [2.45, 2.75) is 13.0 Å². The lowest BCUT2D eigenvalue weighted by Crippen LogP contribution is -2.07. The summed E-state index contributed by atoms with van der Waals surface area (Å²) < 4.78 is 11.7. The molecule has 0 fully saturated rings. The van der Waals surface area contributed by atoms with Crippen LogP contribution in [0.1, 0.15) is 18.5 Å². The van der Waals surface area contributed by atoms with Gasteiger partial charge in [-0.05, 0) is 47.1 Å². The molecule has 0 unspecified atom stereocenters. The number of nitrogens with zero attached hydrogens (tertiary/aromatic N) is 1. The molecule has 0 amide bonds. The highest BCUT2D eigenvalue weighted by Crippen LogP contribution is 2.34. The molecule has 0 radical (unpaired) electrons. The number of halogens is 1. The average Bonchev–Trinajstić information content (AvgIpc) is 2.41. The lowest BCUT2D eigenvalue weighted by atomic mass is 10.1. The lowest BCUT2D eigenvalue weighted by Gasteiger charge is -2.13. The molecule has 0 spiro atoms. The minimum atomic E-state index is -0.138. The van der Waals surface area contributed by atoms with Gasteiger partial charge in [0, 0.05) is 17.8 Å². The summed E-state index contributed by atoms with van der Waals surface area (Å²) in [6.45, 7) is 1.90. The minimum absolute atomic E-state index is 0.138. The molecule has 2 N–H and O–H groups in total. The SMILES string of the molecule is COc1ccc(Oc2ncccc2[C@@H](C)N)c(Br)c1. The second-order valence-electron chi connectivity index (χ2n) is 4.08. The number of nitrogens with two attached hydrogens (primary N) is 1. The van der Waals surface area contributed by atoms with Crippen LogP contribution in [0.2, 0.25) is 0 Å². The Morgan fingerprint density at radius 1 is 1.32 bits per heavy atom. The highest BCUT2D eigenvalue weighted by Gasteiger charge is 2.11. The zero-order valence-corrected chi connectivity index (χ0v) is 12.3. The molecule has 2 aromatic rings. The molecule has 4 nitrogen and oxygen atoms in total. The van der Waals surface area contributed by atoms with Gasteiger partial charge in [0.05, 0.1) is 11.6 Å². The molecular weight excluding hydrogens is 308 g/mol. The third kappa shape index (κ3) is 3.24. The largest absolute Gasteiger partial charge is 0.497 e. The maximum Gasteiger partial charge on any atom is 0.224 e. The Bertz CT molecular complexity index is 573. The van der Waals surface area contributed by atoms with Gasteiger partial charge in [0.25, 0.3) is 0 Å². The molecule has 0 aliphatic carbocycles. The van der Waals surface area contributed by atoms with Gasteiger partial charge in [-0.1, -0.05) is 6.07 Å². The van der Waals surface area contributed by atoms with Crippen molar-refractivity contribution >= 4 is 15.9 Å². The molecular formula is C14H15BrN2O2. The zero-order valence-electron chi connectivity index (χ0n) is 10.8. The highest BCUT2D eigenvalue weighted by molar-refractivity contribution is 9.10. The van der Waals surface area contributed by atoms with Gasteiger partial charge in [-0.15, -0.1) is 0 Å². The van der Waals surface area contributed by atoms with Crippen LogP contribution in [0, 0.1) is 0 Å². The van der Waals surface area contributed by atoms with Crippen molar-refractivity contribution in [3.05, 3.63) is 46.6 Å². The van der Waals surface area contributed by atoms with Gasteiger partial charge in [-0.3, -0.25) is 0 Å². The molecule has 1 aromatic carbocycles. The number of benzene rings is 1. The van der Waals surface area contributed by atoms with Gasteiger partial charge in [-0.25, -0.2) is 4.98 Å². The summed E-state index contributed by atoms with van der Waals surface area (Å²) >= 11 is 3.44. The predicted octanol–water partition coefficient (Wildman–Crippen LogP) is 3.66. The monoisotopic (exact) mass is 322 g/mol. The Morgan fingerprint density at radius 3 is 2.74 bits per heavy atom. The van der Waals surface area contributed by atoms with Gasteiger partial charge in [-0.2, -0.15) is 0 Å². The minimum Gasteiger partial charge on any atom is -0.497 e. The van der Waals surface area contributed by atoms with E-state index in [1.807, 2.05) is 37.3 Å². The third-order valence-corrected chi connectivity index (χ3v) is 3.26. The summed E-state index contributed by atoms with van der Waals surface area (Å²) in [5.41, 5.74) is 6.77. The molecule has 0 aliphatic heterocycles. The summed E-state index contributed by atoms with van der Waals surface area (Å²) in [7, 11) is 1.62. The molecule has 0 saturated heterocycles. The summed E-state index contributed by atoms with van der Waals surface area (Å²) in [6, 6.07) is 9.10. The first kappa shape index (κ1) is 13.8. The van der Waals surface area contributed by atoms with E-state index < -0.39 is 0 Å². The van der Waals surface area contributed by atoms with Crippen molar-refractivity contribution in [3.8, 4) is 17.4 Å². The fourth-order valence-electron chi connectivity index (χ4n) is 1.63. The molecule has 19 heavy (non-hydrogen) atoms. The Hall–Kier alpha value is -1.59. The first-order chi connectivity index (χ1) is 9.11. The topological polar surface area (TPSA) is 57.4 Å². The lowest BCUT2D eigenvalue weighted by molar-refractivity contribution is 0.410. The summed E-state index contributed by atoms with van der Waals surface area (Å²) in [6.07, 6.45) is 1.68. The van der Waals surface area contributed by atoms with E-state index >= 15 is 0 Å². The maximum atomic E-state index is 5.90. The molecule has 5 heteroatoms. The predicted molar refractivity (Wildman–Crippen MR) is 77.6 cm³/mol. The van der Waals surface area contributed by atoms with Crippen molar-refractivity contribution in [3.63, 3.8) is 0 Å². The number of hydrogen-bond acceptors (Lipinski definition) is 4. The normalized spacial score (nSPS) is 12.0. The van der Waals surface area contributed by atoms with Crippen LogP contribution in [-0.4, -0.2) is 12.1 Å². The number of ether oxygens (including phenoxy) is 2.